The number of carbonyl (C=O) groups excluding carboxylic acids is 1. The van der Waals surface area contributed by atoms with Crippen molar-refractivity contribution in [3.05, 3.63) is 58.4 Å². The Balaban J connectivity index is 1.82. The normalized spacial score (nSPS) is 10.4. The second-order valence-corrected chi connectivity index (χ2v) is 4.72. The van der Waals surface area contributed by atoms with Crippen LogP contribution in [0.2, 0.25) is 0 Å². The Kier molecular flexibility index (Phi) is 3.93. The zero-order valence-electron chi connectivity index (χ0n) is 12.3. The zero-order valence-corrected chi connectivity index (χ0v) is 12.3. The average Bonchev–Trinajstić information content (AvgIpc) is 3.07. The topological polar surface area (TPSA) is 137 Å². The number of hydrogen-bond donors (Lipinski definition) is 1. The fourth-order valence-electron chi connectivity index (χ4n) is 1.87. The van der Waals surface area contributed by atoms with E-state index >= 15 is 0 Å². The van der Waals surface area contributed by atoms with Gasteiger partial charge in [-0.3, -0.25) is 19.9 Å². The first kappa shape index (κ1) is 15.2. The molecule has 2 aromatic heterocycles. The molecule has 0 unspecified atom stereocenters. The molecule has 0 atom stereocenters. The summed E-state index contributed by atoms with van der Waals surface area (Å²) in [7, 11) is 0. The molecule has 0 bridgehead atoms. The number of nitrogens with zero attached hydrogens (tertiary/aromatic N) is 5. The smallest absolute Gasteiger partial charge is 0.316 e. The highest BCUT2D eigenvalue weighted by Gasteiger charge is 2.19. The SMILES string of the molecule is Cc1ccc([N+](=O)[O-])cc1NC(=O)c1nc(-c2cnccn2)no1. The van der Waals surface area contributed by atoms with Crippen molar-refractivity contribution in [1.82, 2.24) is 20.1 Å². The minimum Gasteiger partial charge on any atom is -0.328 e. The van der Waals surface area contributed by atoms with Crippen LogP contribution in [0.25, 0.3) is 11.5 Å². The van der Waals surface area contributed by atoms with Crippen LogP contribution in [0.3, 0.4) is 0 Å². The Morgan fingerprint density at radius 3 is 2.88 bits per heavy atom. The maximum Gasteiger partial charge on any atom is 0.316 e. The van der Waals surface area contributed by atoms with Crippen LogP contribution in [-0.4, -0.2) is 30.9 Å². The van der Waals surface area contributed by atoms with Crippen LogP contribution in [0.15, 0.2) is 41.3 Å². The van der Waals surface area contributed by atoms with Crippen LogP contribution in [0, 0.1) is 17.0 Å². The van der Waals surface area contributed by atoms with Crippen molar-refractivity contribution >= 4 is 17.3 Å². The molecule has 0 aliphatic rings. The first-order chi connectivity index (χ1) is 11.5. The highest BCUT2D eigenvalue weighted by atomic mass is 16.6. The van der Waals surface area contributed by atoms with Crippen molar-refractivity contribution in [1.29, 1.82) is 0 Å². The van der Waals surface area contributed by atoms with Gasteiger partial charge in [0, 0.05) is 24.5 Å². The van der Waals surface area contributed by atoms with E-state index in [1.54, 1.807) is 6.92 Å². The summed E-state index contributed by atoms with van der Waals surface area (Å²) < 4.78 is 4.90. The van der Waals surface area contributed by atoms with Gasteiger partial charge in [0.15, 0.2) is 0 Å². The molecular weight excluding hydrogens is 316 g/mol. The van der Waals surface area contributed by atoms with Crippen molar-refractivity contribution in [2.45, 2.75) is 6.92 Å². The summed E-state index contributed by atoms with van der Waals surface area (Å²) in [4.78, 5) is 34.3. The fourth-order valence-corrected chi connectivity index (χ4v) is 1.87. The summed E-state index contributed by atoms with van der Waals surface area (Å²) in [5, 5.41) is 17.0. The molecule has 10 nitrogen and oxygen atoms in total. The van der Waals surface area contributed by atoms with Gasteiger partial charge in [0.1, 0.15) is 5.69 Å². The number of nitro groups is 1. The third-order valence-electron chi connectivity index (χ3n) is 3.09. The molecule has 3 aromatic rings. The Morgan fingerprint density at radius 2 is 2.17 bits per heavy atom. The van der Waals surface area contributed by atoms with Gasteiger partial charge in [0.2, 0.25) is 5.82 Å². The van der Waals surface area contributed by atoms with E-state index in [4.69, 9.17) is 4.52 Å². The zero-order chi connectivity index (χ0) is 17.1. The summed E-state index contributed by atoms with van der Waals surface area (Å²) in [6.45, 7) is 1.71. The molecule has 0 saturated heterocycles. The average molecular weight is 326 g/mol. The first-order valence-corrected chi connectivity index (χ1v) is 6.71. The van der Waals surface area contributed by atoms with Gasteiger partial charge in [-0.05, 0) is 12.5 Å². The van der Waals surface area contributed by atoms with Gasteiger partial charge in [-0.2, -0.15) is 4.98 Å². The van der Waals surface area contributed by atoms with Crippen LogP contribution in [0.4, 0.5) is 11.4 Å². The van der Waals surface area contributed by atoms with Crippen LogP contribution >= 0.6 is 0 Å². The number of amides is 1. The quantitative estimate of drug-likeness (QED) is 0.567. The minimum atomic E-state index is -0.679. The fraction of sp³-hybridized carbons (Fsp3) is 0.0714. The van der Waals surface area contributed by atoms with Crippen molar-refractivity contribution in [2.75, 3.05) is 5.32 Å². The van der Waals surface area contributed by atoms with Gasteiger partial charge in [-0.15, -0.1) is 0 Å². The molecule has 24 heavy (non-hydrogen) atoms. The van der Waals surface area contributed by atoms with Gasteiger partial charge in [-0.1, -0.05) is 11.2 Å². The van der Waals surface area contributed by atoms with Gasteiger partial charge >= 0.3 is 11.8 Å². The lowest BCUT2D eigenvalue weighted by atomic mass is 10.2. The van der Waals surface area contributed by atoms with E-state index in [1.807, 2.05) is 0 Å². The van der Waals surface area contributed by atoms with Crippen LogP contribution in [0.1, 0.15) is 16.2 Å². The molecular formula is C14H10N6O4. The number of anilines is 1. The number of carbonyl (C=O) groups is 1. The number of nitro benzene ring substituents is 1. The standard InChI is InChI=1S/C14H10N6O4/c1-8-2-3-9(20(22)23)6-10(8)17-13(21)14-18-12(19-24-14)11-7-15-4-5-16-11/h2-7H,1H3,(H,17,21). The maximum atomic E-state index is 12.2. The van der Waals surface area contributed by atoms with Crippen LogP contribution < -0.4 is 5.32 Å². The predicted octanol–water partition coefficient (Wildman–Crippen LogP) is 2.00. The molecule has 0 fully saturated rings. The van der Waals surface area contributed by atoms with Crippen molar-refractivity contribution in [3.63, 3.8) is 0 Å². The highest BCUT2D eigenvalue weighted by molar-refractivity contribution is 6.01. The molecule has 0 radical (unpaired) electrons. The van der Waals surface area contributed by atoms with Crippen LogP contribution in [0.5, 0.6) is 0 Å². The highest BCUT2D eigenvalue weighted by Crippen LogP contribution is 2.22. The monoisotopic (exact) mass is 326 g/mol. The van der Waals surface area contributed by atoms with E-state index in [-0.39, 0.29) is 23.1 Å². The lowest BCUT2D eigenvalue weighted by Crippen LogP contribution is -2.13. The lowest BCUT2D eigenvalue weighted by molar-refractivity contribution is -0.384. The number of nitrogens with one attached hydrogen (secondary N) is 1. The second kappa shape index (κ2) is 6.20. The molecule has 0 aliphatic carbocycles. The molecule has 0 saturated carbocycles. The third-order valence-corrected chi connectivity index (χ3v) is 3.09. The number of hydrogen-bond acceptors (Lipinski definition) is 8. The Bertz CT molecular complexity index is 909. The lowest BCUT2D eigenvalue weighted by Gasteiger charge is -2.05. The molecule has 10 heteroatoms. The molecule has 2 heterocycles. The van der Waals surface area contributed by atoms with Gasteiger partial charge in [0.25, 0.3) is 5.69 Å². The van der Waals surface area contributed by atoms with Crippen molar-refractivity contribution < 1.29 is 14.2 Å². The predicted molar refractivity (Wildman–Crippen MR) is 81.1 cm³/mol. The summed E-state index contributed by atoms with van der Waals surface area (Å²) in [5.41, 5.74) is 1.16. The van der Waals surface area contributed by atoms with E-state index < -0.39 is 10.8 Å². The van der Waals surface area contributed by atoms with E-state index in [0.717, 1.165) is 0 Å². The molecule has 1 amide bonds. The summed E-state index contributed by atoms with van der Waals surface area (Å²) in [6.07, 6.45) is 4.37. The Morgan fingerprint density at radius 1 is 1.33 bits per heavy atom. The number of aromatic nitrogens is 4. The van der Waals surface area contributed by atoms with Gasteiger partial charge < -0.3 is 9.84 Å². The van der Waals surface area contributed by atoms with Crippen LogP contribution in [-0.2, 0) is 0 Å². The molecule has 120 valence electrons. The molecule has 0 spiro atoms. The number of non-ortho nitro benzene ring substituents is 1. The Hall–Kier alpha value is -3.69. The molecule has 1 N–H and O–H groups in total. The number of aryl methyl sites for hydroxylation is 1. The largest absolute Gasteiger partial charge is 0.328 e. The van der Waals surface area contributed by atoms with Gasteiger partial charge in [0.05, 0.1) is 16.8 Å². The first-order valence-electron chi connectivity index (χ1n) is 6.71. The van der Waals surface area contributed by atoms with E-state index in [9.17, 15) is 14.9 Å². The summed E-state index contributed by atoms with van der Waals surface area (Å²) >= 11 is 0. The maximum absolute atomic E-state index is 12.2. The van der Waals surface area contributed by atoms with Gasteiger partial charge in [-0.25, -0.2) is 4.98 Å². The van der Waals surface area contributed by atoms with E-state index in [2.05, 4.69) is 25.4 Å². The third kappa shape index (κ3) is 3.06. The van der Waals surface area contributed by atoms with E-state index in [0.29, 0.717) is 11.3 Å². The molecule has 3 rings (SSSR count). The number of rotatable bonds is 4. The Labute approximate surface area is 134 Å². The van der Waals surface area contributed by atoms with Crippen molar-refractivity contribution in [3.8, 4) is 11.5 Å². The van der Waals surface area contributed by atoms with Crippen molar-refractivity contribution in [2.24, 2.45) is 0 Å². The van der Waals surface area contributed by atoms with E-state index in [1.165, 1.54) is 36.8 Å². The second-order valence-electron chi connectivity index (χ2n) is 4.72. The molecule has 1 aromatic carbocycles. The summed E-state index contributed by atoms with van der Waals surface area (Å²) in [6, 6.07) is 4.14. The molecule has 0 aliphatic heterocycles. The minimum absolute atomic E-state index is 0.115. The number of benzene rings is 1. The summed E-state index contributed by atoms with van der Waals surface area (Å²) in [5.74, 6) is -0.855.